The van der Waals surface area contributed by atoms with Crippen LogP contribution in [0.1, 0.15) is 40.5 Å². The van der Waals surface area contributed by atoms with Crippen molar-refractivity contribution >= 4 is 23.3 Å². The van der Waals surface area contributed by atoms with Crippen molar-refractivity contribution in [2.75, 3.05) is 5.73 Å². The zero-order chi connectivity index (χ0) is 15.0. The van der Waals surface area contributed by atoms with E-state index in [0.29, 0.717) is 22.4 Å². The van der Waals surface area contributed by atoms with Gasteiger partial charge >= 0.3 is 5.97 Å². The Kier molecular flexibility index (Phi) is 3.64. The number of carbonyl (C=O) groups excluding carboxylic acids is 1. The highest BCUT2D eigenvalue weighted by Gasteiger charge is 2.28. The normalized spacial score (nSPS) is 14.2. The largest absolute Gasteiger partial charge is 0.456 e. The van der Waals surface area contributed by atoms with E-state index in [0.717, 1.165) is 24.0 Å². The lowest BCUT2D eigenvalue weighted by Crippen LogP contribution is -2.11. The van der Waals surface area contributed by atoms with Crippen LogP contribution in [0.25, 0.3) is 0 Å². The number of carbonyl (C=O) groups is 1. The van der Waals surface area contributed by atoms with Gasteiger partial charge < -0.3 is 15.0 Å². The van der Waals surface area contributed by atoms with E-state index in [1.54, 1.807) is 12.3 Å². The van der Waals surface area contributed by atoms with Gasteiger partial charge in [0, 0.05) is 22.8 Å². The molecular formula is C16H17ClN2O2. The van der Waals surface area contributed by atoms with Crippen LogP contribution in [0.15, 0.2) is 30.5 Å². The van der Waals surface area contributed by atoms with Crippen molar-refractivity contribution in [1.82, 2.24) is 4.57 Å². The van der Waals surface area contributed by atoms with Crippen molar-refractivity contribution in [2.45, 2.75) is 32.4 Å². The quantitative estimate of drug-likeness (QED) is 0.876. The summed E-state index contributed by atoms with van der Waals surface area (Å²) < 4.78 is 7.28. The first-order valence-electron chi connectivity index (χ1n) is 6.94. The average molecular weight is 305 g/mol. The summed E-state index contributed by atoms with van der Waals surface area (Å²) in [5.74, 6) is -0.366. The van der Waals surface area contributed by atoms with Gasteiger partial charge in [-0.15, -0.1) is 0 Å². The molecule has 0 aliphatic heterocycles. The topological polar surface area (TPSA) is 57.2 Å². The highest BCUT2D eigenvalue weighted by Crippen LogP contribution is 2.37. The molecule has 1 heterocycles. The van der Waals surface area contributed by atoms with E-state index in [1.165, 1.54) is 0 Å². The van der Waals surface area contributed by atoms with Crippen LogP contribution in [-0.4, -0.2) is 10.5 Å². The van der Waals surface area contributed by atoms with E-state index in [2.05, 4.69) is 0 Å². The van der Waals surface area contributed by atoms with Gasteiger partial charge in [-0.25, -0.2) is 4.79 Å². The molecular weight excluding hydrogens is 288 g/mol. The molecule has 5 heteroatoms. The van der Waals surface area contributed by atoms with Crippen LogP contribution in [0.3, 0.4) is 0 Å². The van der Waals surface area contributed by atoms with Crippen molar-refractivity contribution in [3.8, 4) is 0 Å². The smallest absolute Gasteiger partial charge is 0.355 e. The summed E-state index contributed by atoms with van der Waals surface area (Å²) in [6.07, 6.45) is 3.96. The van der Waals surface area contributed by atoms with E-state index < -0.39 is 0 Å². The zero-order valence-corrected chi connectivity index (χ0v) is 12.6. The number of hydrogen-bond acceptors (Lipinski definition) is 3. The standard InChI is InChI=1S/C16H17ClN2O2/c1-10-2-3-11(14(17)6-10)9-21-16(20)15-7-12(18)8-19(15)13-4-5-13/h2-3,6-8,13H,4-5,9,18H2,1H3. The Morgan fingerprint density at radius 1 is 1.43 bits per heavy atom. The molecule has 0 bridgehead atoms. The second-order valence-corrected chi connectivity index (χ2v) is 5.88. The molecule has 0 saturated heterocycles. The third-order valence-corrected chi connectivity index (χ3v) is 3.94. The molecule has 1 aliphatic carbocycles. The Bertz CT molecular complexity index is 690. The van der Waals surface area contributed by atoms with Gasteiger partial charge in [0.05, 0.1) is 5.69 Å². The number of nitrogens with zero attached hydrogens (tertiary/aromatic N) is 1. The Morgan fingerprint density at radius 2 is 2.19 bits per heavy atom. The lowest BCUT2D eigenvalue weighted by Gasteiger charge is -2.09. The number of halogens is 1. The van der Waals surface area contributed by atoms with E-state index in [9.17, 15) is 4.79 Å². The van der Waals surface area contributed by atoms with E-state index in [1.807, 2.05) is 29.7 Å². The van der Waals surface area contributed by atoms with Crippen LogP contribution < -0.4 is 5.73 Å². The first kappa shape index (κ1) is 14.0. The molecule has 1 aliphatic rings. The van der Waals surface area contributed by atoms with Crippen molar-refractivity contribution in [2.24, 2.45) is 0 Å². The van der Waals surface area contributed by atoms with Gasteiger partial charge in [-0.1, -0.05) is 23.7 Å². The van der Waals surface area contributed by atoms with Crippen LogP contribution in [0.4, 0.5) is 5.69 Å². The van der Waals surface area contributed by atoms with Crippen molar-refractivity contribution in [1.29, 1.82) is 0 Å². The van der Waals surface area contributed by atoms with Crippen LogP contribution in [-0.2, 0) is 11.3 Å². The molecule has 1 aromatic carbocycles. The van der Waals surface area contributed by atoms with E-state index in [4.69, 9.17) is 22.1 Å². The van der Waals surface area contributed by atoms with Crippen molar-refractivity contribution in [3.05, 3.63) is 52.3 Å². The first-order chi connectivity index (χ1) is 10.0. The molecule has 4 nitrogen and oxygen atoms in total. The highest BCUT2D eigenvalue weighted by atomic mass is 35.5. The number of benzene rings is 1. The second-order valence-electron chi connectivity index (χ2n) is 5.47. The fourth-order valence-electron chi connectivity index (χ4n) is 2.31. The number of esters is 1. The molecule has 0 spiro atoms. The lowest BCUT2D eigenvalue weighted by atomic mass is 10.2. The molecule has 3 rings (SSSR count). The van der Waals surface area contributed by atoms with Crippen LogP contribution in [0, 0.1) is 6.92 Å². The van der Waals surface area contributed by atoms with Gasteiger partial charge in [-0.3, -0.25) is 0 Å². The van der Waals surface area contributed by atoms with Gasteiger partial charge in [0.2, 0.25) is 0 Å². The maximum absolute atomic E-state index is 12.2. The van der Waals surface area contributed by atoms with Gasteiger partial charge in [0.1, 0.15) is 12.3 Å². The number of nitrogens with two attached hydrogens (primary N) is 1. The fourth-order valence-corrected chi connectivity index (χ4v) is 2.60. The average Bonchev–Trinajstić information content (AvgIpc) is 3.20. The summed E-state index contributed by atoms with van der Waals surface area (Å²) in [5.41, 5.74) is 8.75. The molecule has 1 fully saturated rings. The summed E-state index contributed by atoms with van der Waals surface area (Å²) >= 11 is 6.14. The van der Waals surface area contributed by atoms with E-state index >= 15 is 0 Å². The minimum absolute atomic E-state index is 0.160. The number of aromatic nitrogens is 1. The third kappa shape index (κ3) is 3.05. The Labute approximate surface area is 128 Å². The third-order valence-electron chi connectivity index (χ3n) is 3.59. The van der Waals surface area contributed by atoms with Gasteiger partial charge in [0.15, 0.2) is 0 Å². The van der Waals surface area contributed by atoms with Gasteiger partial charge in [0.25, 0.3) is 0 Å². The minimum atomic E-state index is -0.366. The summed E-state index contributed by atoms with van der Waals surface area (Å²) in [6, 6.07) is 7.72. The van der Waals surface area contributed by atoms with Gasteiger partial charge in [-0.05, 0) is 37.5 Å². The Morgan fingerprint density at radius 3 is 2.86 bits per heavy atom. The Balaban J connectivity index is 1.72. The number of aryl methyl sites for hydroxylation is 1. The maximum Gasteiger partial charge on any atom is 0.355 e. The molecule has 0 atom stereocenters. The zero-order valence-electron chi connectivity index (χ0n) is 11.8. The minimum Gasteiger partial charge on any atom is -0.456 e. The summed E-state index contributed by atoms with van der Waals surface area (Å²) in [5, 5.41) is 0.611. The van der Waals surface area contributed by atoms with E-state index in [-0.39, 0.29) is 12.6 Å². The van der Waals surface area contributed by atoms with Gasteiger partial charge in [-0.2, -0.15) is 0 Å². The molecule has 110 valence electrons. The van der Waals surface area contributed by atoms with Crippen LogP contribution >= 0.6 is 11.6 Å². The summed E-state index contributed by atoms with van der Waals surface area (Å²) in [6.45, 7) is 2.13. The fraction of sp³-hybridized carbons (Fsp3) is 0.312. The second kappa shape index (κ2) is 5.45. The molecule has 0 radical (unpaired) electrons. The molecule has 2 N–H and O–H groups in total. The van der Waals surface area contributed by atoms with Crippen LogP contribution in [0.5, 0.6) is 0 Å². The molecule has 21 heavy (non-hydrogen) atoms. The summed E-state index contributed by atoms with van der Waals surface area (Å²) in [7, 11) is 0. The number of rotatable bonds is 4. The predicted octanol–water partition coefficient (Wildman–Crippen LogP) is 3.72. The molecule has 1 aromatic heterocycles. The van der Waals surface area contributed by atoms with Crippen LogP contribution in [0.2, 0.25) is 5.02 Å². The summed E-state index contributed by atoms with van der Waals surface area (Å²) in [4.78, 5) is 12.2. The SMILES string of the molecule is Cc1ccc(COC(=O)c2cc(N)cn2C2CC2)c(Cl)c1. The number of hydrogen-bond donors (Lipinski definition) is 1. The maximum atomic E-state index is 12.2. The van der Waals surface area contributed by atoms with Crippen molar-refractivity contribution in [3.63, 3.8) is 0 Å². The molecule has 2 aromatic rings. The Hall–Kier alpha value is -1.94. The number of ether oxygens (including phenoxy) is 1. The monoisotopic (exact) mass is 304 g/mol. The molecule has 0 unspecified atom stereocenters. The first-order valence-corrected chi connectivity index (χ1v) is 7.32. The number of anilines is 1. The predicted molar refractivity (Wildman–Crippen MR) is 82.4 cm³/mol. The van der Waals surface area contributed by atoms with Crippen molar-refractivity contribution < 1.29 is 9.53 Å². The molecule has 1 saturated carbocycles. The lowest BCUT2D eigenvalue weighted by molar-refractivity contribution is 0.0460. The molecule has 0 amide bonds. The number of nitrogen functional groups attached to an aromatic ring is 1. The highest BCUT2D eigenvalue weighted by molar-refractivity contribution is 6.31.